The summed E-state index contributed by atoms with van der Waals surface area (Å²) in [5, 5.41) is 0. The minimum Gasteiger partial charge on any atom is -0.465 e. The van der Waals surface area contributed by atoms with Crippen molar-refractivity contribution in [1.29, 1.82) is 0 Å². The maximum atomic E-state index is 12.7. The fourth-order valence-electron chi connectivity index (χ4n) is 3.32. The number of nitrogens with zero attached hydrogens (tertiary/aromatic N) is 3. The van der Waals surface area contributed by atoms with Gasteiger partial charge in [0.25, 0.3) is 0 Å². The van der Waals surface area contributed by atoms with Crippen molar-refractivity contribution in [2.75, 3.05) is 20.2 Å². The molecule has 0 spiro atoms. The number of hydrogen-bond acceptors (Lipinski definition) is 5. The Kier molecular flexibility index (Phi) is 5.28. The number of benzene rings is 1. The Morgan fingerprint density at radius 2 is 2.04 bits per heavy atom. The number of carbonyl (C=O) groups is 2. The molecular formula is C19H23N3O3. The van der Waals surface area contributed by atoms with E-state index in [0.717, 1.165) is 38.0 Å². The Morgan fingerprint density at radius 3 is 2.68 bits per heavy atom. The van der Waals surface area contributed by atoms with E-state index >= 15 is 0 Å². The van der Waals surface area contributed by atoms with E-state index in [-0.39, 0.29) is 17.7 Å². The van der Waals surface area contributed by atoms with Crippen molar-refractivity contribution >= 4 is 11.8 Å². The quantitative estimate of drug-likeness (QED) is 0.617. The summed E-state index contributed by atoms with van der Waals surface area (Å²) in [6, 6.07) is 7.44. The molecule has 2 heterocycles. The van der Waals surface area contributed by atoms with Crippen molar-refractivity contribution in [3.63, 3.8) is 0 Å². The van der Waals surface area contributed by atoms with Crippen molar-refractivity contribution < 1.29 is 14.3 Å². The molecule has 0 unspecified atom stereocenters. The lowest BCUT2D eigenvalue weighted by molar-refractivity contribution is 0.0600. The van der Waals surface area contributed by atoms with E-state index in [0.29, 0.717) is 11.4 Å². The van der Waals surface area contributed by atoms with Gasteiger partial charge < -0.3 is 9.30 Å². The first-order valence-electron chi connectivity index (χ1n) is 8.49. The molecule has 6 nitrogen and oxygen atoms in total. The average molecular weight is 341 g/mol. The lowest BCUT2D eigenvalue weighted by Crippen LogP contribution is -2.38. The number of piperidine rings is 1. The molecule has 1 fully saturated rings. The third kappa shape index (κ3) is 3.96. The Labute approximate surface area is 147 Å². The molecule has 0 N–H and O–H groups in total. The van der Waals surface area contributed by atoms with Crippen LogP contribution in [0.5, 0.6) is 0 Å². The summed E-state index contributed by atoms with van der Waals surface area (Å²) < 4.78 is 6.50. The Bertz CT molecular complexity index is 752. The van der Waals surface area contributed by atoms with Gasteiger partial charge in [-0.2, -0.15) is 0 Å². The van der Waals surface area contributed by atoms with Crippen LogP contribution < -0.4 is 0 Å². The van der Waals surface area contributed by atoms with E-state index < -0.39 is 0 Å². The first-order chi connectivity index (χ1) is 12.1. The van der Waals surface area contributed by atoms with Gasteiger partial charge >= 0.3 is 5.97 Å². The SMILES string of the molecule is COC(=O)c1ccc(CN2CCC[C@H](C(=O)c3nccn3C)C2)cc1. The molecule has 1 aromatic heterocycles. The highest BCUT2D eigenvalue weighted by Crippen LogP contribution is 2.22. The van der Waals surface area contributed by atoms with Gasteiger partial charge in [-0.1, -0.05) is 12.1 Å². The van der Waals surface area contributed by atoms with Gasteiger partial charge in [0.1, 0.15) is 0 Å². The van der Waals surface area contributed by atoms with Crippen molar-refractivity contribution in [2.45, 2.75) is 19.4 Å². The standard InChI is InChI=1S/C19H23N3O3/c1-21-11-9-20-18(21)17(23)16-4-3-10-22(13-16)12-14-5-7-15(8-6-14)19(24)25-2/h5-9,11,16H,3-4,10,12-13H2,1-2H3/t16-/m0/s1. The van der Waals surface area contributed by atoms with Crippen LogP contribution in [0.25, 0.3) is 0 Å². The first-order valence-corrected chi connectivity index (χ1v) is 8.49. The molecule has 1 aromatic carbocycles. The summed E-state index contributed by atoms with van der Waals surface area (Å²) in [4.78, 5) is 30.6. The number of ketones is 1. The van der Waals surface area contributed by atoms with Gasteiger partial charge in [-0.3, -0.25) is 9.69 Å². The van der Waals surface area contributed by atoms with Crippen LogP contribution in [0, 0.1) is 5.92 Å². The van der Waals surface area contributed by atoms with Gasteiger partial charge in [0.15, 0.2) is 5.82 Å². The van der Waals surface area contributed by atoms with Crippen molar-refractivity contribution in [2.24, 2.45) is 13.0 Å². The number of aryl methyl sites for hydroxylation is 1. The van der Waals surface area contributed by atoms with Crippen LogP contribution >= 0.6 is 0 Å². The van der Waals surface area contributed by atoms with Gasteiger partial charge in [0.2, 0.25) is 5.78 Å². The Morgan fingerprint density at radius 1 is 1.28 bits per heavy atom. The third-order valence-electron chi connectivity index (χ3n) is 4.70. The fraction of sp³-hybridized carbons (Fsp3) is 0.421. The number of methoxy groups -OCH3 is 1. The van der Waals surface area contributed by atoms with Crippen molar-refractivity contribution in [1.82, 2.24) is 14.5 Å². The number of ether oxygens (including phenoxy) is 1. The summed E-state index contributed by atoms with van der Waals surface area (Å²) in [6.45, 7) is 2.49. The molecule has 2 aromatic rings. The molecule has 0 aliphatic carbocycles. The zero-order chi connectivity index (χ0) is 17.8. The van der Waals surface area contributed by atoms with E-state index in [9.17, 15) is 9.59 Å². The summed E-state index contributed by atoms with van der Waals surface area (Å²) in [5.41, 5.74) is 1.67. The molecule has 0 amide bonds. The number of likely N-dealkylation sites (tertiary alicyclic amines) is 1. The minimum atomic E-state index is -0.328. The van der Waals surface area contributed by atoms with E-state index in [1.165, 1.54) is 7.11 Å². The zero-order valence-electron chi connectivity index (χ0n) is 14.6. The maximum Gasteiger partial charge on any atom is 0.337 e. The molecule has 1 aliphatic rings. The van der Waals surface area contributed by atoms with Gasteiger partial charge in [-0.25, -0.2) is 9.78 Å². The highest BCUT2D eigenvalue weighted by Gasteiger charge is 2.28. The van der Waals surface area contributed by atoms with E-state index in [4.69, 9.17) is 4.74 Å². The van der Waals surface area contributed by atoms with Gasteiger partial charge in [0.05, 0.1) is 12.7 Å². The monoisotopic (exact) mass is 341 g/mol. The second kappa shape index (κ2) is 7.61. The minimum absolute atomic E-state index is 0.0100. The molecule has 25 heavy (non-hydrogen) atoms. The highest BCUT2D eigenvalue weighted by molar-refractivity contribution is 5.95. The second-order valence-corrected chi connectivity index (χ2v) is 6.49. The molecule has 1 aliphatic heterocycles. The van der Waals surface area contributed by atoms with Gasteiger partial charge in [-0.05, 0) is 37.1 Å². The summed E-state index contributed by atoms with van der Waals surface area (Å²) in [5.74, 6) is 0.321. The molecule has 6 heteroatoms. The lowest BCUT2D eigenvalue weighted by Gasteiger charge is -2.31. The number of carbonyl (C=O) groups excluding carboxylic acids is 2. The number of Topliss-reactive ketones (excluding diaryl/α,β-unsaturated/α-hetero) is 1. The van der Waals surface area contributed by atoms with E-state index in [1.807, 2.05) is 19.2 Å². The highest BCUT2D eigenvalue weighted by atomic mass is 16.5. The van der Waals surface area contributed by atoms with Crippen LogP contribution in [0.2, 0.25) is 0 Å². The van der Waals surface area contributed by atoms with Crippen LogP contribution in [-0.2, 0) is 18.3 Å². The molecule has 0 saturated carbocycles. The van der Waals surface area contributed by atoms with E-state index in [2.05, 4.69) is 9.88 Å². The van der Waals surface area contributed by atoms with Crippen molar-refractivity contribution in [3.8, 4) is 0 Å². The topological polar surface area (TPSA) is 64.4 Å². The molecule has 0 bridgehead atoms. The first kappa shape index (κ1) is 17.4. The number of aromatic nitrogens is 2. The molecule has 132 valence electrons. The van der Waals surface area contributed by atoms with Crippen LogP contribution in [0.4, 0.5) is 0 Å². The summed E-state index contributed by atoms with van der Waals surface area (Å²) in [6.07, 6.45) is 5.37. The molecule has 1 saturated heterocycles. The molecular weight excluding hydrogens is 318 g/mol. The normalized spacial score (nSPS) is 18.1. The number of rotatable bonds is 5. The molecule has 0 radical (unpaired) electrons. The second-order valence-electron chi connectivity index (χ2n) is 6.49. The number of hydrogen-bond donors (Lipinski definition) is 0. The molecule has 3 rings (SSSR count). The van der Waals surface area contributed by atoms with Crippen LogP contribution in [0.3, 0.4) is 0 Å². The van der Waals surface area contributed by atoms with Gasteiger partial charge in [-0.15, -0.1) is 0 Å². The number of imidazole rings is 1. The predicted octanol–water partition coefficient (Wildman–Crippen LogP) is 2.30. The fourth-order valence-corrected chi connectivity index (χ4v) is 3.32. The summed E-state index contributed by atoms with van der Waals surface area (Å²) >= 11 is 0. The van der Waals surface area contributed by atoms with Crippen molar-refractivity contribution in [3.05, 3.63) is 53.6 Å². The summed E-state index contributed by atoms with van der Waals surface area (Å²) in [7, 11) is 3.23. The maximum absolute atomic E-state index is 12.7. The zero-order valence-corrected chi connectivity index (χ0v) is 14.6. The lowest BCUT2D eigenvalue weighted by atomic mass is 9.93. The smallest absolute Gasteiger partial charge is 0.337 e. The largest absolute Gasteiger partial charge is 0.465 e. The van der Waals surface area contributed by atoms with Gasteiger partial charge in [0, 0.05) is 38.4 Å². The third-order valence-corrected chi connectivity index (χ3v) is 4.70. The molecule has 1 atom stereocenters. The number of esters is 1. The Hall–Kier alpha value is -2.47. The van der Waals surface area contributed by atoms with Crippen LogP contribution in [0.15, 0.2) is 36.7 Å². The average Bonchev–Trinajstić information content (AvgIpc) is 3.07. The van der Waals surface area contributed by atoms with Crippen LogP contribution in [-0.4, -0.2) is 46.4 Å². The Balaban J connectivity index is 1.63. The van der Waals surface area contributed by atoms with Crippen LogP contribution in [0.1, 0.15) is 39.4 Å². The predicted molar refractivity (Wildman–Crippen MR) is 93.3 cm³/mol. The van der Waals surface area contributed by atoms with E-state index in [1.54, 1.807) is 29.1 Å².